The maximum Gasteiger partial charge on any atom is 0.252 e. The third kappa shape index (κ3) is 5.69. The number of hydrogen-bond acceptors (Lipinski definition) is 4. The molecule has 2 N–H and O–H groups in total. The molecule has 0 saturated carbocycles. The number of rotatable bonds is 8. The van der Waals surface area contributed by atoms with Gasteiger partial charge in [0, 0.05) is 29.4 Å². The molecular formula is C19H23IN4O2. The number of nitrogens with zero attached hydrogens (tertiary/aromatic N) is 2. The van der Waals surface area contributed by atoms with E-state index in [4.69, 9.17) is 0 Å². The maximum absolute atomic E-state index is 12.1. The molecule has 0 atom stereocenters. The summed E-state index contributed by atoms with van der Waals surface area (Å²) in [5, 5.41) is 5.42. The minimum atomic E-state index is -0.254. The molecule has 138 valence electrons. The first kappa shape index (κ1) is 20.2. The lowest BCUT2D eigenvalue weighted by Gasteiger charge is -2.19. The zero-order chi connectivity index (χ0) is 18.9. The SMILES string of the molecule is CCN(CC)c1ccc(CNC(=O)CNC(=O)c2ccccc2I)cn1. The zero-order valence-electron chi connectivity index (χ0n) is 15.0. The van der Waals surface area contributed by atoms with Gasteiger partial charge in [0.25, 0.3) is 5.91 Å². The molecule has 0 aliphatic carbocycles. The molecule has 2 aromatic rings. The smallest absolute Gasteiger partial charge is 0.252 e. The van der Waals surface area contributed by atoms with E-state index in [1.54, 1.807) is 18.3 Å². The normalized spacial score (nSPS) is 10.3. The Hall–Kier alpha value is -2.16. The van der Waals surface area contributed by atoms with Gasteiger partial charge in [-0.3, -0.25) is 9.59 Å². The Bertz CT molecular complexity index is 745. The Kier molecular flexibility index (Phi) is 7.83. The van der Waals surface area contributed by atoms with Crippen molar-refractivity contribution in [2.24, 2.45) is 0 Å². The standard InChI is InChI=1S/C19H23IN4O2/c1-3-24(4-2)17-10-9-14(11-21-17)12-22-18(25)13-23-19(26)15-7-5-6-8-16(15)20/h5-11H,3-4,12-13H2,1-2H3,(H,22,25)(H,23,26). The molecule has 0 unspecified atom stereocenters. The van der Waals surface area contributed by atoms with E-state index in [2.05, 4.69) is 57.0 Å². The van der Waals surface area contributed by atoms with Crippen LogP contribution in [0.3, 0.4) is 0 Å². The number of halogens is 1. The summed E-state index contributed by atoms with van der Waals surface area (Å²) >= 11 is 2.10. The van der Waals surface area contributed by atoms with Crippen molar-refractivity contribution in [2.75, 3.05) is 24.5 Å². The van der Waals surface area contributed by atoms with Crippen molar-refractivity contribution in [2.45, 2.75) is 20.4 Å². The van der Waals surface area contributed by atoms with Gasteiger partial charge < -0.3 is 15.5 Å². The van der Waals surface area contributed by atoms with Gasteiger partial charge in [-0.05, 0) is 60.2 Å². The van der Waals surface area contributed by atoms with Crippen molar-refractivity contribution >= 4 is 40.2 Å². The fourth-order valence-corrected chi connectivity index (χ4v) is 3.05. The Morgan fingerprint density at radius 1 is 1.08 bits per heavy atom. The molecular weight excluding hydrogens is 443 g/mol. The van der Waals surface area contributed by atoms with Gasteiger partial charge in [-0.2, -0.15) is 0 Å². The molecule has 2 amide bonds. The molecule has 1 heterocycles. The van der Waals surface area contributed by atoms with Crippen molar-refractivity contribution in [1.29, 1.82) is 0 Å². The van der Waals surface area contributed by atoms with Gasteiger partial charge in [0.2, 0.25) is 5.91 Å². The number of nitrogens with one attached hydrogen (secondary N) is 2. The number of anilines is 1. The Balaban J connectivity index is 1.80. The first-order valence-corrected chi connectivity index (χ1v) is 9.62. The molecule has 0 bridgehead atoms. The zero-order valence-corrected chi connectivity index (χ0v) is 17.1. The first-order chi connectivity index (χ1) is 12.5. The van der Waals surface area contributed by atoms with Gasteiger partial charge in [-0.15, -0.1) is 0 Å². The Labute approximate surface area is 167 Å². The van der Waals surface area contributed by atoms with E-state index in [1.165, 1.54) is 0 Å². The summed E-state index contributed by atoms with van der Waals surface area (Å²) in [5.74, 6) is 0.433. The summed E-state index contributed by atoms with van der Waals surface area (Å²) in [7, 11) is 0. The van der Waals surface area contributed by atoms with E-state index in [-0.39, 0.29) is 18.4 Å². The maximum atomic E-state index is 12.1. The van der Waals surface area contributed by atoms with Crippen LogP contribution in [-0.4, -0.2) is 36.4 Å². The average molecular weight is 466 g/mol. The van der Waals surface area contributed by atoms with E-state index in [9.17, 15) is 9.59 Å². The van der Waals surface area contributed by atoms with Crippen LogP contribution in [0.5, 0.6) is 0 Å². The number of amides is 2. The third-order valence-electron chi connectivity index (χ3n) is 3.91. The highest BCUT2D eigenvalue weighted by atomic mass is 127. The number of carbonyl (C=O) groups excluding carboxylic acids is 2. The Morgan fingerprint density at radius 3 is 2.42 bits per heavy atom. The lowest BCUT2D eigenvalue weighted by atomic mass is 10.2. The van der Waals surface area contributed by atoms with Gasteiger partial charge in [-0.1, -0.05) is 18.2 Å². The van der Waals surface area contributed by atoms with Gasteiger partial charge in [0.1, 0.15) is 5.82 Å². The molecule has 2 rings (SSSR count). The summed E-state index contributed by atoms with van der Waals surface area (Å²) in [6.45, 7) is 6.30. The summed E-state index contributed by atoms with van der Waals surface area (Å²) in [4.78, 5) is 30.6. The molecule has 0 spiro atoms. The van der Waals surface area contributed by atoms with Crippen LogP contribution in [-0.2, 0) is 11.3 Å². The summed E-state index contributed by atoms with van der Waals surface area (Å²) in [6.07, 6.45) is 1.76. The molecule has 1 aromatic heterocycles. The van der Waals surface area contributed by atoms with Crippen LogP contribution in [0.25, 0.3) is 0 Å². The molecule has 7 heteroatoms. The van der Waals surface area contributed by atoms with Crippen LogP contribution in [0.2, 0.25) is 0 Å². The Morgan fingerprint density at radius 2 is 1.81 bits per heavy atom. The second-order valence-corrected chi connectivity index (χ2v) is 6.80. The lowest BCUT2D eigenvalue weighted by Crippen LogP contribution is -2.36. The highest BCUT2D eigenvalue weighted by Gasteiger charge is 2.10. The number of aromatic nitrogens is 1. The minimum Gasteiger partial charge on any atom is -0.357 e. The van der Waals surface area contributed by atoms with Crippen LogP contribution in [0, 0.1) is 3.57 Å². The van der Waals surface area contributed by atoms with Crippen molar-refractivity contribution in [1.82, 2.24) is 15.6 Å². The van der Waals surface area contributed by atoms with E-state index >= 15 is 0 Å². The fraction of sp³-hybridized carbons (Fsp3) is 0.316. The molecule has 26 heavy (non-hydrogen) atoms. The predicted octanol–water partition coefficient (Wildman–Crippen LogP) is 2.58. The average Bonchev–Trinajstić information content (AvgIpc) is 2.66. The summed E-state index contributed by atoms with van der Waals surface area (Å²) in [5.41, 5.74) is 1.48. The highest BCUT2D eigenvalue weighted by molar-refractivity contribution is 14.1. The van der Waals surface area contributed by atoms with Crippen LogP contribution in [0.1, 0.15) is 29.8 Å². The van der Waals surface area contributed by atoms with Gasteiger partial charge >= 0.3 is 0 Å². The minimum absolute atomic E-state index is 0.0607. The number of carbonyl (C=O) groups is 2. The molecule has 0 radical (unpaired) electrons. The quantitative estimate of drug-likeness (QED) is 0.587. The fourth-order valence-electron chi connectivity index (χ4n) is 2.42. The van der Waals surface area contributed by atoms with Crippen molar-refractivity contribution < 1.29 is 9.59 Å². The monoisotopic (exact) mass is 466 g/mol. The topological polar surface area (TPSA) is 74.3 Å². The molecule has 0 fully saturated rings. The molecule has 0 saturated heterocycles. The first-order valence-electron chi connectivity index (χ1n) is 8.54. The van der Waals surface area contributed by atoms with Crippen molar-refractivity contribution in [3.8, 4) is 0 Å². The highest BCUT2D eigenvalue weighted by Crippen LogP contribution is 2.11. The molecule has 1 aromatic carbocycles. The van der Waals surface area contributed by atoms with Gasteiger partial charge in [0.05, 0.1) is 12.1 Å². The lowest BCUT2D eigenvalue weighted by molar-refractivity contribution is -0.120. The summed E-state index contributed by atoms with van der Waals surface area (Å²) in [6, 6.07) is 11.2. The molecule has 0 aliphatic rings. The van der Waals surface area contributed by atoms with Gasteiger partial charge in [-0.25, -0.2) is 4.98 Å². The van der Waals surface area contributed by atoms with E-state index in [0.717, 1.165) is 28.0 Å². The van der Waals surface area contributed by atoms with Crippen molar-refractivity contribution in [3.05, 3.63) is 57.3 Å². The van der Waals surface area contributed by atoms with E-state index < -0.39 is 0 Å². The van der Waals surface area contributed by atoms with E-state index in [0.29, 0.717) is 12.1 Å². The third-order valence-corrected chi connectivity index (χ3v) is 4.85. The molecule has 0 aliphatic heterocycles. The van der Waals surface area contributed by atoms with Gasteiger partial charge in [0.15, 0.2) is 0 Å². The number of benzene rings is 1. The number of hydrogen-bond donors (Lipinski definition) is 2. The van der Waals surface area contributed by atoms with Crippen molar-refractivity contribution in [3.63, 3.8) is 0 Å². The second-order valence-electron chi connectivity index (χ2n) is 5.64. The second kappa shape index (κ2) is 10.1. The van der Waals surface area contributed by atoms with Crippen LogP contribution in [0.15, 0.2) is 42.6 Å². The number of pyridine rings is 1. The largest absolute Gasteiger partial charge is 0.357 e. The summed E-state index contributed by atoms with van der Waals surface area (Å²) < 4.78 is 0.849. The van der Waals surface area contributed by atoms with Crippen LogP contribution >= 0.6 is 22.6 Å². The predicted molar refractivity (Wildman–Crippen MR) is 111 cm³/mol. The van der Waals surface area contributed by atoms with Crippen LogP contribution in [0.4, 0.5) is 5.82 Å². The van der Waals surface area contributed by atoms with Crippen LogP contribution < -0.4 is 15.5 Å². The molecule has 6 nitrogen and oxygen atoms in total. The van der Waals surface area contributed by atoms with E-state index in [1.807, 2.05) is 24.3 Å².